The van der Waals surface area contributed by atoms with Gasteiger partial charge in [-0.2, -0.15) is 0 Å². The number of hydrogen-bond donors (Lipinski definition) is 2. The molecule has 1 amide bonds. The van der Waals surface area contributed by atoms with Crippen LogP contribution < -0.4 is 5.32 Å². The van der Waals surface area contributed by atoms with E-state index in [9.17, 15) is 14.7 Å². The van der Waals surface area contributed by atoms with Gasteiger partial charge in [0.25, 0.3) is 5.91 Å². The number of ether oxygens (including phenoxy) is 1. The molecule has 0 saturated heterocycles. The molecule has 116 valence electrons. The van der Waals surface area contributed by atoms with Crippen molar-refractivity contribution < 1.29 is 23.8 Å². The standard InChI is InChI=1S/C15H16N2O5/c1-15(8-21-2,14(19)20)17-13(18)11-5-3-10(4-6-11)12-7-16-9-22-12/h3-7,9H,8H2,1-2H3,(H,17,18)(H,19,20). The maximum Gasteiger partial charge on any atom is 0.331 e. The third-order valence-electron chi connectivity index (χ3n) is 3.16. The number of oxazole rings is 1. The van der Waals surface area contributed by atoms with Gasteiger partial charge in [0.15, 0.2) is 17.7 Å². The van der Waals surface area contributed by atoms with Crippen LogP contribution in [-0.2, 0) is 9.53 Å². The van der Waals surface area contributed by atoms with E-state index in [0.29, 0.717) is 11.3 Å². The fourth-order valence-corrected chi connectivity index (χ4v) is 1.91. The molecule has 2 N–H and O–H groups in total. The van der Waals surface area contributed by atoms with Crippen molar-refractivity contribution in [2.24, 2.45) is 0 Å². The molecule has 1 atom stereocenters. The SMILES string of the molecule is COCC(C)(NC(=O)c1ccc(-c2cnco2)cc1)C(=O)O. The maximum absolute atomic E-state index is 12.2. The predicted octanol–water partition coefficient (Wildman–Crippen LogP) is 1.56. The topological polar surface area (TPSA) is 102 Å². The van der Waals surface area contributed by atoms with Gasteiger partial charge in [-0.25, -0.2) is 9.78 Å². The van der Waals surface area contributed by atoms with Crippen molar-refractivity contribution in [3.63, 3.8) is 0 Å². The molecule has 0 bridgehead atoms. The molecule has 0 saturated carbocycles. The Kier molecular flexibility index (Phi) is 4.57. The molecular formula is C15H16N2O5. The molecule has 0 aliphatic carbocycles. The van der Waals surface area contributed by atoms with Gasteiger partial charge in [-0.05, 0) is 19.1 Å². The van der Waals surface area contributed by atoms with Crippen LogP contribution in [0.15, 0.2) is 41.3 Å². The summed E-state index contributed by atoms with van der Waals surface area (Å²) in [7, 11) is 1.37. The number of hydrogen-bond acceptors (Lipinski definition) is 5. The highest BCUT2D eigenvalue weighted by molar-refractivity contribution is 5.98. The largest absolute Gasteiger partial charge is 0.479 e. The van der Waals surface area contributed by atoms with Crippen molar-refractivity contribution in [3.8, 4) is 11.3 Å². The summed E-state index contributed by atoms with van der Waals surface area (Å²) in [6.45, 7) is 1.25. The minimum absolute atomic E-state index is 0.135. The lowest BCUT2D eigenvalue weighted by molar-refractivity contribution is -0.145. The van der Waals surface area contributed by atoms with Crippen LogP contribution in [0.2, 0.25) is 0 Å². The van der Waals surface area contributed by atoms with Crippen LogP contribution in [0.5, 0.6) is 0 Å². The van der Waals surface area contributed by atoms with Gasteiger partial charge in [0.2, 0.25) is 0 Å². The number of benzene rings is 1. The molecule has 1 aromatic carbocycles. The fraction of sp³-hybridized carbons (Fsp3) is 0.267. The number of nitrogens with one attached hydrogen (secondary N) is 1. The highest BCUT2D eigenvalue weighted by Crippen LogP contribution is 2.19. The summed E-state index contributed by atoms with van der Waals surface area (Å²) >= 11 is 0. The van der Waals surface area contributed by atoms with Crippen molar-refractivity contribution in [2.45, 2.75) is 12.5 Å². The quantitative estimate of drug-likeness (QED) is 0.839. The Hall–Kier alpha value is -2.67. The smallest absolute Gasteiger partial charge is 0.331 e. The van der Waals surface area contributed by atoms with Crippen LogP contribution in [0.4, 0.5) is 0 Å². The fourth-order valence-electron chi connectivity index (χ4n) is 1.91. The Labute approximate surface area is 126 Å². The zero-order chi connectivity index (χ0) is 16.2. The van der Waals surface area contributed by atoms with Gasteiger partial charge < -0.3 is 19.6 Å². The number of aliphatic carboxylic acids is 1. The first kappa shape index (κ1) is 15.7. The van der Waals surface area contributed by atoms with E-state index in [4.69, 9.17) is 9.15 Å². The molecule has 2 rings (SSSR count). The first-order chi connectivity index (χ1) is 10.5. The van der Waals surface area contributed by atoms with Crippen molar-refractivity contribution >= 4 is 11.9 Å². The molecule has 22 heavy (non-hydrogen) atoms. The van der Waals surface area contributed by atoms with Crippen molar-refractivity contribution in [1.82, 2.24) is 10.3 Å². The number of carbonyl (C=O) groups is 2. The number of rotatable bonds is 6. The molecule has 2 aromatic rings. The molecule has 7 nitrogen and oxygen atoms in total. The Bertz CT molecular complexity index is 651. The van der Waals surface area contributed by atoms with E-state index in [1.54, 1.807) is 30.5 Å². The molecular weight excluding hydrogens is 288 g/mol. The van der Waals surface area contributed by atoms with Crippen LogP contribution in [0.3, 0.4) is 0 Å². The maximum atomic E-state index is 12.2. The summed E-state index contributed by atoms with van der Waals surface area (Å²) in [4.78, 5) is 27.3. The van der Waals surface area contributed by atoms with Gasteiger partial charge in [0, 0.05) is 18.2 Å². The molecule has 0 aliphatic rings. The second-order valence-electron chi connectivity index (χ2n) is 4.97. The van der Waals surface area contributed by atoms with Gasteiger partial charge in [0.05, 0.1) is 12.8 Å². The third-order valence-corrected chi connectivity index (χ3v) is 3.16. The van der Waals surface area contributed by atoms with E-state index in [1.807, 2.05) is 0 Å². The highest BCUT2D eigenvalue weighted by atomic mass is 16.5. The number of aromatic nitrogens is 1. The van der Waals surface area contributed by atoms with Crippen molar-refractivity contribution in [1.29, 1.82) is 0 Å². The lowest BCUT2D eigenvalue weighted by Gasteiger charge is -2.25. The molecule has 7 heteroatoms. The lowest BCUT2D eigenvalue weighted by atomic mass is 10.0. The number of amides is 1. The molecule has 1 unspecified atom stereocenters. The number of carbonyl (C=O) groups excluding carboxylic acids is 1. The number of carboxylic acid groups (broad SMARTS) is 1. The molecule has 0 fully saturated rings. The van der Waals surface area contributed by atoms with Gasteiger partial charge >= 0.3 is 5.97 Å². The summed E-state index contributed by atoms with van der Waals surface area (Å²) in [6.07, 6.45) is 2.88. The lowest BCUT2D eigenvalue weighted by Crippen LogP contribution is -2.55. The average Bonchev–Trinajstić information content (AvgIpc) is 3.01. The van der Waals surface area contributed by atoms with Crippen LogP contribution in [0.25, 0.3) is 11.3 Å². The monoisotopic (exact) mass is 304 g/mol. The number of methoxy groups -OCH3 is 1. The van der Waals surface area contributed by atoms with Crippen molar-refractivity contribution in [2.75, 3.05) is 13.7 Å². The summed E-state index contributed by atoms with van der Waals surface area (Å²) in [5, 5.41) is 11.7. The Morgan fingerprint density at radius 3 is 2.55 bits per heavy atom. The van der Waals surface area contributed by atoms with Crippen LogP contribution in [-0.4, -0.2) is 41.2 Å². The van der Waals surface area contributed by atoms with Crippen LogP contribution in [0.1, 0.15) is 17.3 Å². The van der Waals surface area contributed by atoms with E-state index >= 15 is 0 Å². The molecule has 0 spiro atoms. The Morgan fingerprint density at radius 1 is 1.36 bits per heavy atom. The summed E-state index contributed by atoms with van der Waals surface area (Å²) in [5.74, 6) is -1.08. The molecule has 0 radical (unpaired) electrons. The average molecular weight is 304 g/mol. The summed E-state index contributed by atoms with van der Waals surface area (Å²) in [5.41, 5.74) is -0.381. The van der Waals surface area contributed by atoms with E-state index in [-0.39, 0.29) is 6.61 Å². The molecule has 0 aliphatic heterocycles. The van der Waals surface area contributed by atoms with Crippen LogP contribution in [0, 0.1) is 0 Å². The second kappa shape index (κ2) is 6.40. The summed E-state index contributed by atoms with van der Waals surface area (Å²) < 4.78 is 10.0. The summed E-state index contributed by atoms with van der Waals surface area (Å²) in [6, 6.07) is 6.57. The van der Waals surface area contributed by atoms with E-state index < -0.39 is 17.4 Å². The normalized spacial score (nSPS) is 13.4. The first-order valence-corrected chi connectivity index (χ1v) is 6.50. The predicted molar refractivity (Wildman–Crippen MR) is 77.3 cm³/mol. The Balaban J connectivity index is 2.14. The van der Waals surface area contributed by atoms with E-state index in [1.165, 1.54) is 20.4 Å². The highest BCUT2D eigenvalue weighted by Gasteiger charge is 2.35. The van der Waals surface area contributed by atoms with Crippen LogP contribution >= 0.6 is 0 Å². The molecule has 1 aromatic heterocycles. The zero-order valence-electron chi connectivity index (χ0n) is 12.2. The number of carboxylic acids is 1. The Morgan fingerprint density at radius 2 is 2.05 bits per heavy atom. The minimum atomic E-state index is -1.49. The van der Waals surface area contributed by atoms with Gasteiger partial charge in [-0.1, -0.05) is 12.1 Å². The second-order valence-corrected chi connectivity index (χ2v) is 4.97. The molecule has 1 heterocycles. The van der Waals surface area contributed by atoms with E-state index in [2.05, 4.69) is 10.3 Å². The van der Waals surface area contributed by atoms with Crippen molar-refractivity contribution in [3.05, 3.63) is 42.4 Å². The third kappa shape index (κ3) is 3.32. The van der Waals surface area contributed by atoms with Gasteiger partial charge in [-0.3, -0.25) is 4.79 Å². The van der Waals surface area contributed by atoms with E-state index in [0.717, 1.165) is 5.56 Å². The minimum Gasteiger partial charge on any atom is -0.479 e. The zero-order valence-corrected chi connectivity index (χ0v) is 12.2. The van der Waals surface area contributed by atoms with Gasteiger partial charge in [-0.15, -0.1) is 0 Å². The first-order valence-electron chi connectivity index (χ1n) is 6.50. The van der Waals surface area contributed by atoms with Gasteiger partial charge in [0.1, 0.15) is 0 Å². The number of nitrogens with zero attached hydrogens (tertiary/aromatic N) is 1.